The van der Waals surface area contributed by atoms with Crippen LogP contribution in [0.2, 0.25) is 0 Å². The molecular weight excluding hydrogens is 332 g/mol. The Labute approximate surface area is 153 Å². The van der Waals surface area contributed by atoms with Crippen molar-refractivity contribution in [1.82, 2.24) is 9.88 Å². The summed E-state index contributed by atoms with van der Waals surface area (Å²) in [7, 11) is 0. The smallest absolute Gasteiger partial charge is 0.142 e. The molecule has 0 atom stereocenters. The van der Waals surface area contributed by atoms with Crippen LogP contribution >= 0.6 is 0 Å². The number of rotatable bonds is 5. The van der Waals surface area contributed by atoms with E-state index in [2.05, 4.69) is 9.88 Å². The number of aliphatic hydroxyl groups is 1. The molecule has 0 spiro atoms. The summed E-state index contributed by atoms with van der Waals surface area (Å²) in [6.45, 7) is 5.32. The average Bonchev–Trinajstić information content (AvgIpc) is 2.65. The number of hydrogen-bond donors (Lipinski definition) is 3. The Balaban J connectivity index is 1.75. The Morgan fingerprint density at radius 1 is 1.19 bits per heavy atom. The monoisotopic (exact) mass is 356 g/mol. The maximum Gasteiger partial charge on any atom is 0.142 e. The number of pyridine rings is 1. The van der Waals surface area contributed by atoms with Gasteiger partial charge in [0.1, 0.15) is 11.5 Å². The van der Waals surface area contributed by atoms with Crippen molar-refractivity contribution in [2.75, 3.05) is 26.3 Å². The van der Waals surface area contributed by atoms with Crippen molar-refractivity contribution in [2.45, 2.75) is 20.1 Å². The van der Waals surface area contributed by atoms with Crippen molar-refractivity contribution in [3.05, 3.63) is 52.3 Å². The topological polar surface area (TPSA) is 86.1 Å². The van der Waals surface area contributed by atoms with Gasteiger partial charge in [0, 0.05) is 42.5 Å². The van der Waals surface area contributed by atoms with Crippen molar-refractivity contribution in [1.29, 1.82) is 0 Å². The van der Waals surface area contributed by atoms with E-state index in [-0.39, 0.29) is 18.1 Å². The molecule has 1 aromatic carbocycles. The fraction of sp³-hybridized carbons (Fsp3) is 0.350. The van der Waals surface area contributed by atoms with Gasteiger partial charge in [-0.15, -0.1) is 0 Å². The summed E-state index contributed by atoms with van der Waals surface area (Å²) >= 11 is 0. The van der Waals surface area contributed by atoms with Crippen molar-refractivity contribution >= 4 is 12.2 Å². The van der Waals surface area contributed by atoms with Crippen molar-refractivity contribution < 1.29 is 20.1 Å². The number of nitrogens with zero attached hydrogens (tertiary/aromatic N) is 2. The molecule has 0 radical (unpaired) electrons. The number of aryl methyl sites for hydroxylation is 1. The fourth-order valence-electron chi connectivity index (χ4n) is 2.97. The molecule has 1 saturated heterocycles. The van der Waals surface area contributed by atoms with Gasteiger partial charge >= 0.3 is 0 Å². The van der Waals surface area contributed by atoms with Crippen LogP contribution in [-0.4, -0.2) is 51.5 Å². The molecule has 6 heteroatoms. The Morgan fingerprint density at radius 2 is 1.96 bits per heavy atom. The third kappa shape index (κ3) is 4.22. The first-order valence-corrected chi connectivity index (χ1v) is 8.67. The molecule has 0 unspecified atom stereocenters. The van der Waals surface area contributed by atoms with E-state index >= 15 is 0 Å². The van der Waals surface area contributed by atoms with E-state index in [1.54, 1.807) is 25.3 Å². The molecule has 0 bridgehead atoms. The second kappa shape index (κ2) is 8.31. The van der Waals surface area contributed by atoms with E-state index in [1.165, 1.54) is 0 Å². The number of aromatic hydroxyl groups is 2. The maximum atomic E-state index is 10.3. The van der Waals surface area contributed by atoms with Gasteiger partial charge in [0.25, 0.3) is 0 Å². The van der Waals surface area contributed by atoms with E-state index in [4.69, 9.17) is 4.74 Å². The number of phenols is 1. The van der Waals surface area contributed by atoms with Crippen LogP contribution in [0.25, 0.3) is 12.2 Å². The second-order valence-electron chi connectivity index (χ2n) is 6.39. The summed E-state index contributed by atoms with van der Waals surface area (Å²) in [4.78, 5) is 6.37. The summed E-state index contributed by atoms with van der Waals surface area (Å²) in [6.07, 6.45) is 5.21. The molecule has 3 rings (SSSR count). The molecule has 26 heavy (non-hydrogen) atoms. The van der Waals surface area contributed by atoms with Crippen LogP contribution in [0.1, 0.15) is 27.9 Å². The van der Waals surface area contributed by atoms with E-state index < -0.39 is 0 Å². The van der Waals surface area contributed by atoms with Crippen LogP contribution in [0, 0.1) is 6.92 Å². The lowest BCUT2D eigenvalue weighted by Crippen LogP contribution is -2.35. The van der Waals surface area contributed by atoms with Gasteiger partial charge in [-0.2, -0.15) is 0 Å². The van der Waals surface area contributed by atoms with Gasteiger partial charge in [0.15, 0.2) is 0 Å². The first kappa shape index (κ1) is 18.4. The standard InChI is InChI=1S/C20H24N2O4/c1-14-20(25)18(13-23)16(11-21-14)4-2-15-3-5-17(19(24)10-15)12-22-6-8-26-9-7-22/h2-5,10-11,23-25H,6-9,12-13H2,1H3/b4-2+. The molecule has 1 aromatic heterocycles. The Morgan fingerprint density at radius 3 is 2.65 bits per heavy atom. The van der Waals surface area contributed by atoms with Crippen LogP contribution < -0.4 is 0 Å². The van der Waals surface area contributed by atoms with Gasteiger partial charge in [0.05, 0.1) is 25.5 Å². The molecule has 6 nitrogen and oxygen atoms in total. The minimum absolute atomic E-state index is 0.0124. The first-order valence-electron chi connectivity index (χ1n) is 8.67. The lowest BCUT2D eigenvalue weighted by Gasteiger charge is -2.26. The highest BCUT2D eigenvalue weighted by molar-refractivity contribution is 5.72. The maximum absolute atomic E-state index is 10.3. The van der Waals surface area contributed by atoms with Crippen LogP contribution in [0.3, 0.4) is 0 Å². The minimum Gasteiger partial charge on any atom is -0.508 e. The molecule has 0 saturated carbocycles. The van der Waals surface area contributed by atoms with E-state index in [0.29, 0.717) is 23.4 Å². The van der Waals surface area contributed by atoms with E-state index in [1.807, 2.05) is 18.2 Å². The zero-order chi connectivity index (χ0) is 18.5. The Hall–Kier alpha value is -2.41. The SMILES string of the molecule is Cc1ncc(/C=C/c2ccc(CN3CCOCC3)c(O)c2)c(CO)c1O. The highest BCUT2D eigenvalue weighted by atomic mass is 16.5. The predicted octanol–water partition coefficient (Wildman–Crippen LogP) is 2.30. The number of aromatic nitrogens is 1. The zero-order valence-electron chi connectivity index (χ0n) is 14.9. The molecule has 0 amide bonds. The number of ether oxygens (including phenoxy) is 1. The fourth-order valence-corrected chi connectivity index (χ4v) is 2.97. The largest absolute Gasteiger partial charge is 0.508 e. The quantitative estimate of drug-likeness (QED) is 0.762. The second-order valence-corrected chi connectivity index (χ2v) is 6.39. The molecule has 1 aliphatic heterocycles. The highest BCUT2D eigenvalue weighted by Crippen LogP contribution is 2.26. The lowest BCUT2D eigenvalue weighted by molar-refractivity contribution is 0.0339. The molecule has 3 N–H and O–H groups in total. The normalized spacial score (nSPS) is 15.6. The number of morpholine rings is 1. The van der Waals surface area contributed by atoms with Crippen molar-refractivity contribution in [3.63, 3.8) is 0 Å². The molecule has 1 fully saturated rings. The van der Waals surface area contributed by atoms with Gasteiger partial charge < -0.3 is 20.1 Å². The van der Waals surface area contributed by atoms with Gasteiger partial charge in [-0.3, -0.25) is 9.88 Å². The highest BCUT2D eigenvalue weighted by Gasteiger charge is 2.13. The van der Waals surface area contributed by atoms with Gasteiger partial charge in [0.2, 0.25) is 0 Å². The summed E-state index contributed by atoms with van der Waals surface area (Å²) in [5.74, 6) is 0.268. The summed E-state index contributed by atoms with van der Waals surface area (Å²) < 4.78 is 5.34. The number of hydrogen-bond acceptors (Lipinski definition) is 6. The lowest BCUT2D eigenvalue weighted by atomic mass is 10.1. The van der Waals surface area contributed by atoms with Gasteiger partial charge in [-0.25, -0.2) is 0 Å². The van der Waals surface area contributed by atoms with Crippen LogP contribution in [0.5, 0.6) is 11.5 Å². The minimum atomic E-state index is -0.265. The van der Waals surface area contributed by atoms with E-state index in [0.717, 1.165) is 37.4 Å². The third-order valence-corrected chi connectivity index (χ3v) is 4.59. The molecule has 2 heterocycles. The number of aliphatic hydroxyl groups excluding tert-OH is 1. The van der Waals surface area contributed by atoms with Crippen LogP contribution in [-0.2, 0) is 17.9 Å². The number of benzene rings is 1. The molecular formula is C20H24N2O4. The van der Waals surface area contributed by atoms with Crippen LogP contribution in [0.15, 0.2) is 24.4 Å². The number of phenolic OH excluding ortho intramolecular Hbond substituents is 1. The summed E-state index contributed by atoms with van der Waals surface area (Å²) in [6, 6.07) is 5.57. The molecule has 138 valence electrons. The van der Waals surface area contributed by atoms with Crippen LogP contribution in [0.4, 0.5) is 0 Å². The van der Waals surface area contributed by atoms with E-state index in [9.17, 15) is 15.3 Å². The van der Waals surface area contributed by atoms with Gasteiger partial charge in [-0.05, 0) is 18.6 Å². The Bertz CT molecular complexity index is 799. The summed E-state index contributed by atoms with van der Waals surface area (Å²) in [5, 5.41) is 29.8. The first-order chi connectivity index (χ1) is 12.6. The van der Waals surface area contributed by atoms with Crippen molar-refractivity contribution in [3.8, 4) is 11.5 Å². The summed E-state index contributed by atoms with van der Waals surface area (Å²) in [5.41, 5.74) is 3.29. The third-order valence-electron chi connectivity index (χ3n) is 4.59. The molecule has 1 aliphatic rings. The Kier molecular flexibility index (Phi) is 5.88. The van der Waals surface area contributed by atoms with Crippen molar-refractivity contribution in [2.24, 2.45) is 0 Å². The molecule has 2 aromatic rings. The average molecular weight is 356 g/mol. The molecule has 0 aliphatic carbocycles. The zero-order valence-corrected chi connectivity index (χ0v) is 14.9. The predicted molar refractivity (Wildman–Crippen MR) is 99.7 cm³/mol. The van der Waals surface area contributed by atoms with Gasteiger partial charge in [-0.1, -0.05) is 24.3 Å².